The van der Waals surface area contributed by atoms with E-state index in [1.165, 1.54) is 0 Å². The van der Waals surface area contributed by atoms with Crippen molar-refractivity contribution in [1.82, 2.24) is 4.90 Å². The van der Waals surface area contributed by atoms with Gasteiger partial charge in [0.05, 0.1) is 19.3 Å². The maximum atomic E-state index is 12.0. The molecule has 0 saturated heterocycles. The number of amides is 1. The quantitative estimate of drug-likeness (QED) is 0.717. The summed E-state index contributed by atoms with van der Waals surface area (Å²) in [5.74, 6) is 0.595. The second-order valence-corrected chi connectivity index (χ2v) is 4.78. The molecule has 0 aromatic heterocycles. The van der Waals surface area contributed by atoms with Crippen LogP contribution in [-0.2, 0) is 4.79 Å². The van der Waals surface area contributed by atoms with Gasteiger partial charge in [-0.05, 0) is 44.1 Å². The first kappa shape index (κ1) is 16.3. The Kier molecular flexibility index (Phi) is 6.87. The van der Waals surface area contributed by atoms with Crippen LogP contribution in [0, 0.1) is 0 Å². The molecule has 0 unspecified atom stereocenters. The largest absolute Gasteiger partial charge is 0.495 e. The third-order valence-corrected chi connectivity index (χ3v) is 2.96. The van der Waals surface area contributed by atoms with Gasteiger partial charge in [0.15, 0.2) is 0 Å². The SMILES string of the molecule is CCCN(CCC)CC(=O)Nc1ccc(OC)c(N)c1. The molecule has 0 atom stereocenters. The predicted molar refractivity (Wildman–Crippen MR) is 83.1 cm³/mol. The summed E-state index contributed by atoms with van der Waals surface area (Å²) in [5, 5.41) is 2.87. The Morgan fingerprint density at radius 2 is 1.95 bits per heavy atom. The molecule has 5 nitrogen and oxygen atoms in total. The first-order valence-corrected chi connectivity index (χ1v) is 7.06. The van der Waals surface area contributed by atoms with Gasteiger partial charge in [0.2, 0.25) is 5.91 Å². The molecule has 0 heterocycles. The third kappa shape index (κ3) is 5.09. The lowest BCUT2D eigenvalue weighted by atomic mass is 10.2. The second kappa shape index (κ2) is 8.43. The van der Waals surface area contributed by atoms with Crippen LogP contribution in [0.25, 0.3) is 0 Å². The highest BCUT2D eigenvalue weighted by atomic mass is 16.5. The summed E-state index contributed by atoms with van der Waals surface area (Å²) in [7, 11) is 1.57. The molecule has 1 aromatic rings. The Bertz CT molecular complexity index is 429. The van der Waals surface area contributed by atoms with E-state index in [2.05, 4.69) is 24.1 Å². The fraction of sp³-hybridized carbons (Fsp3) is 0.533. The minimum atomic E-state index is -0.0172. The van der Waals surface area contributed by atoms with Crippen LogP contribution in [0.5, 0.6) is 5.75 Å². The lowest BCUT2D eigenvalue weighted by Crippen LogP contribution is -2.34. The zero-order valence-corrected chi connectivity index (χ0v) is 12.6. The molecule has 0 saturated carbocycles. The maximum absolute atomic E-state index is 12.0. The average Bonchev–Trinajstić information content (AvgIpc) is 2.39. The van der Waals surface area contributed by atoms with Gasteiger partial charge in [0.25, 0.3) is 0 Å². The van der Waals surface area contributed by atoms with Crippen molar-refractivity contribution in [3.8, 4) is 5.75 Å². The summed E-state index contributed by atoms with van der Waals surface area (Å²) < 4.78 is 5.09. The molecule has 0 aliphatic carbocycles. The molecular weight excluding hydrogens is 254 g/mol. The number of nitrogens with one attached hydrogen (secondary N) is 1. The van der Waals surface area contributed by atoms with E-state index in [0.717, 1.165) is 25.9 Å². The third-order valence-electron chi connectivity index (χ3n) is 2.96. The molecule has 5 heteroatoms. The molecule has 3 N–H and O–H groups in total. The van der Waals surface area contributed by atoms with Crippen LogP contribution in [0.15, 0.2) is 18.2 Å². The van der Waals surface area contributed by atoms with Crippen LogP contribution < -0.4 is 15.8 Å². The maximum Gasteiger partial charge on any atom is 0.238 e. The van der Waals surface area contributed by atoms with Crippen LogP contribution >= 0.6 is 0 Å². The molecule has 1 aromatic carbocycles. The van der Waals surface area contributed by atoms with Crippen molar-refractivity contribution in [2.75, 3.05) is 37.8 Å². The number of carbonyl (C=O) groups excluding carboxylic acids is 1. The number of carbonyl (C=O) groups is 1. The van der Waals surface area contributed by atoms with Gasteiger partial charge in [-0.15, -0.1) is 0 Å². The molecule has 1 amide bonds. The van der Waals surface area contributed by atoms with Crippen molar-refractivity contribution in [2.24, 2.45) is 0 Å². The van der Waals surface area contributed by atoms with Gasteiger partial charge < -0.3 is 15.8 Å². The highest BCUT2D eigenvalue weighted by Gasteiger charge is 2.10. The molecule has 0 fully saturated rings. The molecule has 1 rings (SSSR count). The summed E-state index contributed by atoms with van der Waals surface area (Å²) in [6.07, 6.45) is 2.09. The van der Waals surface area contributed by atoms with Crippen LogP contribution in [0.2, 0.25) is 0 Å². The van der Waals surface area contributed by atoms with Crippen LogP contribution in [0.3, 0.4) is 0 Å². The fourth-order valence-electron chi connectivity index (χ4n) is 2.12. The normalized spacial score (nSPS) is 10.6. The van der Waals surface area contributed by atoms with E-state index in [4.69, 9.17) is 10.5 Å². The lowest BCUT2D eigenvalue weighted by molar-refractivity contribution is -0.117. The molecule has 0 spiro atoms. The van der Waals surface area contributed by atoms with E-state index in [1.807, 2.05) is 0 Å². The Morgan fingerprint density at radius 1 is 1.30 bits per heavy atom. The molecule has 112 valence electrons. The summed E-state index contributed by atoms with van der Waals surface area (Å²) in [6.45, 7) is 6.51. The Hall–Kier alpha value is -1.75. The van der Waals surface area contributed by atoms with Crippen molar-refractivity contribution in [3.05, 3.63) is 18.2 Å². The highest BCUT2D eigenvalue weighted by Crippen LogP contribution is 2.24. The molecule has 0 aliphatic rings. The van der Waals surface area contributed by atoms with E-state index in [-0.39, 0.29) is 5.91 Å². The summed E-state index contributed by atoms with van der Waals surface area (Å²) in [5.41, 5.74) is 7.03. The van der Waals surface area contributed by atoms with E-state index < -0.39 is 0 Å². The minimum Gasteiger partial charge on any atom is -0.495 e. The zero-order valence-electron chi connectivity index (χ0n) is 12.6. The number of hydrogen-bond acceptors (Lipinski definition) is 4. The highest BCUT2D eigenvalue weighted by molar-refractivity contribution is 5.92. The minimum absolute atomic E-state index is 0.0172. The number of benzene rings is 1. The van der Waals surface area contributed by atoms with E-state index in [1.54, 1.807) is 25.3 Å². The summed E-state index contributed by atoms with van der Waals surface area (Å²) >= 11 is 0. The first-order valence-electron chi connectivity index (χ1n) is 7.06. The van der Waals surface area contributed by atoms with Crippen LogP contribution in [-0.4, -0.2) is 37.6 Å². The Morgan fingerprint density at radius 3 is 2.45 bits per heavy atom. The molecule has 0 bridgehead atoms. The van der Waals surface area contributed by atoms with Crippen molar-refractivity contribution in [1.29, 1.82) is 0 Å². The molecule has 0 aliphatic heterocycles. The van der Waals surface area contributed by atoms with Crippen LogP contribution in [0.1, 0.15) is 26.7 Å². The zero-order chi connectivity index (χ0) is 15.0. The molecule has 0 radical (unpaired) electrons. The summed E-state index contributed by atoms with van der Waals surface area (Å²) in [4.78, 5) is 14.2. The number of hydrogen-bond donors (Lipinski definition) is 2. The van der Waals surface area contributed by atoms with Gasteiger partial charge in [-0.25, -0.2) is 0 Å². The monoisotopic (exact) mass is 279 g/mol. The topological polar surface area (TPSA) is 67.6 Å². The number of nitrogen functional groups attached to an aromatic ring is 1. The van der Waals surface area contributed by atoms with Gasteiger partial charge in [-0.2, -0.15) is 0 Å². The van der Waals surface area contributed by atoms with E-state index >= 15 is 0 Å². The van der Waals surface area contributed by atoms with Gasteiger partial charge >= 0.3 is 0 Å². The number of rotatable bonds is 8. The fourth-order valence-corrected chi connectivity index (χ4v) is 2.12. The predicted octanol–water partition coefficient (Wildman–Crippen LogP) is 2.34. The van der Waals surface area contributed by atoms with E-state index in [0.29, 0.717) is 23.7 Å². The standard InChI is InChI=1S/C15H25N3O2/c1-4-8-18(9-5-2)11-15(19)17-12-6-7-14(20-3)13(16)10-12/h6-7,10H,4-5,8-9,11,16H2,1-3H3,(H,17,19). The van der Waals surface area contributed by atoms with Crippen molar-refractivity contribution < 1.29 is 9.53 Å². The average molecular weight is 279 g/mol. The smallest absolute Gasteiger partial charge is 0.238 e. The number of nitrogens with two attached hydrogens (primary N) is 1. The van der Waals surface area contributed by atoms with Gasteiger partial charge in [-0.1, -0.05) is 13.8 Å². The van der Waals surface area contributed by atoms with Crippen molar-refractivity contribution in [3.63, 3.8) is 0 Å². The Labute approximate surface area is 121 Å². The van der Waals surface area contributed by atoms with Crippen molar-refractivity contribution >= 4 is 17.3 Å². The van der Waals surface area contributed by atoms with Gasteiger partial charge in [0.1, 0.15) is 5.75 Å². The first-order chi connectivity index (χ1) is 9.60. The number of nitrogens with zero attached hydrogens (tertiary/aromatic N) is 1. The number of ether oxygens (including phenoxy) is 1. The second-order valence-electron chi connectivity index (χ2n) is 4.78. The van der Waals surface area contributed by atoms with Crippen LogP contribution in [0.4, 0.5) is 11.4 Å². The summed E-state index contributed by atoms with van der Waals surface area (Å²) in [6, 6.07) is 5.25. The molecule has 20 heavy (non-hydrogen) atoms. The van der Waals surface area contributed by atoms with Gasteiger partial charge in [0, 0.05) is 5.69 Å². The number of anilines is 2. The van der Waals surface area contributed by atoms with E-state index in [9.17, 15) is 4.79 Å². The number of methoxy groups -OCH3 is 1. The molecular formula is C15H25N3O2. The van der Waals surface area contributed by atoms with Gasteiger partial charge in [-0.3, -0.25) is 9.69 Å². The Balaban J connectivity index is 2.58. The lowest BCUT2D eigenvalue weighted by Gasteiger charge is -2.20. The van der Waals surface area contributed by atoms with Crippen molar-refractivity contribution in [2.45, 2.75) is 26.7 Å².